The largest absolute Gasteiger partial charge is 0.433 e. The van der Waals surface area contributed by atoms with E-state index < -0.39 is 11.9 Å². The highest BCUT2D eigenvalue weighted by Gasteiger charge is 2.32. The first-order valence-corrected chi connectivity index (χ1v) is 8.63. The van der Waals surface area contributed by atoms with E-state index in [9.17, 15) is 13.2 Å². The number of aromatic nitrogens is 4. The van der Waals surface area contributed by atoms with Gasteiger partial charge in [-0.3, -0.25) is 0 Å². The minimum absolute atomic E-state index is 0.422. The third-order valence-electron chi connectivity index (χ3n) is 4.13. The molecule has 0 atom stereocenters. The fraction of sp³-hybridized carbons (Fsp3) is 0.105. The van der Waals surface area contributed by atoms with Gasteiger partial charge in [0.05, 0.1) is 16.9 Å². The van der Waals surface area contributed by atoms with Crippen molar-refractivity contribution >= 4 is 34.1 Å². The Hall–Kier alpha value is -3.13. The molecule has 0 spiro atoms. The molecule has 2 N–H and O–H groups in total. The first kappa shape index (κ1) is 18.2. The molecule has 0 amide bonds. The van der Waals surface area contributed by atoms with Crippen LogP contribution in [0, 0.1) is 0 Å². The monoisotopic (exact) mass is 403 g/mol. The summed E-state index contributed by atoms with van der Waals surface area (Å²) in [6.07, 6.45) is 2.48. The van der Waals surface area contributed by atoms with Gasteiger partial charge in [0.15, 0.2) is 0 Å². The van der Waals surface area contributed by atoms with Gasteiger partial charge in [0.1, 0.15) is 17.2 Å². The Morgan fingerprint density at radius 2 is 1.86 bits per heavy atom. The van der Waals surface area contributed by atoms with Gasteiger partial charge in [0.25, 0.3) is 0 Å². The van der Waals surface area contributed by atoms with E-state index in [1.807, 2.05) is 18.3 Å². The number of aromatic amines is 1. The number of nitrogens with one attached hydrogen (secondary N) is 2. The predicted molar refractivity (Wildman–Crippen MR) is 101 cm³/mol. The average Bonchev–Trinajstić information content (AvgIpc) is 3.05. The quantitative estimate of drug-likeness (QED) is 0.481. The molecule has 0 bridgehead atoms. The number of hydrogen-bond acceptors (Lipinski definition) is 4. The van der Waals surface area contributed by atoms with E-state index in [0.717, 1.165) is 34.4 Å². The lowest BCUT2D eigenvalue weighted by Gasteiger charge is -2.08. The van der Waals surface area contributed by atoms with Gasteiger partial charge in [-0.15, -0.1) is 0 Å². The van der Waals surface area contributed by atoms with Gasteiger partial charge in [0.2, 0.25) is 0 Å². The molecule has 0 saturated heterocycles. The first-order valence-electron chi connectivity index (χ1n) is 8.25. The zero-order valence-corrected chi connectivity index (χ0v) is 15.0. The number of H-pyrrole nitrogens is 1. The normalized spacial score (nSPS) is 11.7. The standard InChI is InChI=1S/C19H13ClF3N5/c20-13-6-15-12(8-26-18(15)27-9-13)5-11-1-4-17(25-7-11)28-14-2-3-16(24-10-14)19(21,22)23/h1-4,6-10H,5H2,(H,25,28)(H,26,27). The zero-order chi connectivity index (χ0) is 19.7. The molecule has 0 unspecified atom stereocenters. The van der Waals surface area contributed by atoms with E-state index in [0.29, 0.717) is 22.9 Å². The van der Waals surface area contributed by atoms with Crippen molar-refractivity contribution in [3.05, 3.63) is 77.0 Å². The molecule has 0 aliphatic heterocycles. The molecule has 4 aromatic rings. The lowest BCUT2D eigenvalue weighted by atomic mass is 10.1. The average molecular weight is 404 g/mol. The second-order valence-corrected chi connectivity index (χ2v) is 6.58. The van der Waals surface area contributed by atoms with Crippen LogP contribution in [-0.2, 0) is 12.6 Å². The van der Waals surface area contributed by atoms with Crippen molar-refractivity contribution < 1.29 is 13.2 Å². The lowest BCUT2D eigenvalue weighted by Crippen LogP contribution is -2.07. The summed E-state index contributed by atoms with van der Waals surface area (Å²) >= 11 is 6.02. The van der Waals surface area contributed by atoms with E-state index in [-0.39, 0.29) is 0 Å². The number of pyridine rings is 3. The van der Waals surface area contributed by atoms with Crippen LogP contribution in [0.2, 0.25) is 5.02 Å². The molecule has 0 aliphatic rings. The molecule has 0 saturated carbocycles. The van der Waals surface area contributed by atoms with E-state index >= 15 is 0 Å². The minimum Gasteiger partial charge on any atom is -0.346 e. The maximum atomic E-state index is 12.6. The van der Waals surface area contributed by atoms with E-state index in [1.165, 1.54) is 6.07 Å². The van der Waals surface area contributed by atoms with Gasteiger partial charge in [0, 0.05) is 30.4 Å². The van der Waals surface area contributed by atoms with Crippen molar-refractivity contribution in [1.82, 2.24) is 19.9 Å². The highest BCUT2D eigenvalue weighted by molar-refractivity contribution is 6.31. The van der Waals surface area contributed by atoms with Gasteiger partial charge in [-0.05, 0) is 35.4 Å². The van der Waals surface area contributed by atoms with E-state index in [1.54, 1.807) is 18.5 Å². The van der Waals surface area contributed by atoms with Gasteiger partial charge < -0.3 is 10.3 Å². The highest BCUT2D eigenvalue weighted by Crippen LogP contribution is 2.28. The minimum atomic E-state index is -4.46. The molecule has 28 heavy (non-hydrogen) atoms. The Balaban J connectivity index is 1.47. The van der Waals surface area contributed by atoms with Crippen LogP contribution in [0.3, 0.4) is 0 Å². The molecule has 142 valence electrons. The molecule has 9 heteroatoms. The Morgan fingerprint density at radius 3 is 2.54 bits per heavy atom. The van der Waals surface area contributed by atoms with Gasteiger partial charge in [-0.1, -0.05) is 17.7 Å². The molecule has 4 aromatic heterocycles. The van der Waals surface area contributed by atoms with Crippen LogP contribution in [0.5, 0.6) is 0 Å². The third-order valence-corrected chi connectivity index (χ3v) is 4.34. The van der Waals surface area contributed by atoms with Crippen molar-refractivity contribution in [3.63, 3.8) is 0 Å². The molecule has 0 aromatic carbocycles. The molecule has 5 nitrogen and oxygen atoms in total. The topological polar surface area (TPSA) is 66.5 Å². The highest BCUT2D eigenvalue weighted by atomic mass is 35.5. The summed E-state index contributed by atoms with van der Waals surface area (Å²) in [6.45, 7) is 0. The van der Waals surface area contributed by atoms with Gasteiger partial charge in [-0.25, -0.2) is 15.0 Å². The van der Waals surface area contributed by atoms with Crippen molar-refractivity contribution in [2.45, 2.75) is 12.6 Å². The van der Waals surface area contributed by atoms with Crippen molar-refractivity contribution in [2.75, 3.05) is 5.32 Å². The number of halogens is 4. The van der Waals surface area contributed by atoms with Gasteiger partial charge >= 0.3 is 6.18 Å². The van der Waals surface area contributed by atoms with E-state index in [4.69, 9.17) is 11.6 Å². The number of anilines is 2. The van der Waals surface area contributed by atoms with Crippen molar-refractivity contribution in [2.24, 2.45) is 0 Å². The summed E-state index contributed by atoms with van der Waals surface area (Å²) in [4.78, 5) is 15.1. The number of nitrogens with zero attached hydrogens (tertiary/aromatic N) is 3. The molecule has 0 fully saturated rings. The number of rotatable bonds is 4. The summed E-state index contributed by atoms with van der Waals surface area (Å²) in [5.74, 6) is 0.508. The Bertz CT molecular complexity index is 1110. The Kier molecular flexibility index (Phi) is 4.64. The predicted octanol–water partition coefficient (Wildman–Crippen LogP) is 5.36. The molecular formula is C19H13ClF3N5. The van der Waals surface area contributed by atoms with Crippen LogP contribution in [0.1, 0.15) is 16.8 Å². The van der Waals surface area contributed by atoms with Gasteiger partial charge in [-0.2, -0.15) is 13.2 Å². The van der Waals surface area contributed by atoms with Crippen LogP contribution in [0.4, 0.5) is 24.7 Å². The maximum Gasteiger partial charge on any atom is 0.433 e. The molecule has 0 aliphatic carbocycles. The van der Waals surface area contributed by atoms with E-state index in [2.05, 4.69) is 25.3 Å². The second kappa shape index (κ2) is 7.12. The molecule has 4 heterocycles. The van der Waals surface area contributed by atoms with Crippen LogP contribution in [0.25, 0.3) is 11.0 Å². The Morgan fingerprint density at radius 1 is 1.00 bits per heavy atom. The van der Waals surface area contributed by atoms with Crippen molar-refractivity contribution in [3.8, 4) is 0 Å². The number of hydrogen-bond donors (Lipinski definition) is 2. The summed E-state index contributed by atoms with van der Waals surface area (Å²) < 4.78 is 37.7. The zero-order valence-electron chi connectivity index (χ0n) is 14.3. The summed E-state index contributed by atoms with van der Waals surface area (Å²) in [5.41, 5.74) is 2.26. The first-order chi connectivity index (χ1) is 13.4. The maximum absolute atomic E-state index is 12.6. The third kappa shape index (κ3) is 3.91. The fourth-order valence-electron chi connectivity index (χ4n) is 2.78. The number of fused-ring (bicyclic) bond motifs is 1. The second-order valence-electron chi connectivity index (χ2n) is 6.15. The van der Waals surface area contributed by atoms with Crippen LogP contribution < -0.4 is 5.32 Å². The fourth-order valence-corrected chi connectivity index (χ4v) is 2.94. The van der Waals surface area contributed by atoms with Crippen LogP contribution in [0.15, 0.2) is 55.1 Å². The number of alkyl halides is 3. The summed E-state index contributed by atoms with van der Waals surface area (Å²) in [7, 11) is 0. The lowest BCUT2D eigenvalue weighted by molar-refractivity contribution is -0.141. The Labute approximate surface area is 162 Å². The summed E-state index contributed by atoms with van der Waals surface area (Å²) in [6, 6.07) is 7.74. The smallest absolute Gasteiger partial charge is 0.346 e. The molecule has 0 radical (unpaired) electrons. The molecular weight excluding hydrogens is 391 g/mol. The SMILES string of the molecule is FC(F)(F)c1ccc(Nc2ccc(Cc3c[nH]c4ncc(Cl)cc34)cn2)cn1. The summed E-state index contributed by atoms with van der Waals surface area (Å²) in [5, 5.41) is 4.45. The van der Waals surface area contributed by atoms with Crippen molar-refractivity contribution in [1.29, 1.82) is 0 Å². The molecule has 4 rings (SSSR count). The van der Waals surface area contributed by atoms with Crippen LogP contribution >= 0.6 is 11.6 Å². The van der Waals surface area contributed by atoms with Crippen LogP contribution in [-0.4, -0.2) is 19.9 Å².